The van der Waals surface area contributed by atoms with Crippen LogP contribution in [0.3, 0.4) is 0 Å². The summed E-state index contributed by atoms with van der Waals surface area (Å²) < 4.78 is 3.10. The average Bonchev–Trinajstić information content (AvgIpc) is 2.92. The maximum Gasteiger partial charge on any atom is 0.222 e. The first-order valence-electron chi connectivity index (χ1n) is 6.57. The third kappa shape index (κ3) is 1.88. The van der Waals surface area contributed by atoms with Gasteiger partial charge in [-0.1, -0.05) is 0 Å². The van der Waals surface area contributed by atoms with E-state index in [0.29, 0.717) is 11.9 Å². The standard InChI is InChI=1S/C13H18BrN3O/c1-16-12(18)4-7-13(16)5-2-11(3-6-13)17-9-10(14)8-15-17/h8-9,11H,2-7H2,1H3/t11-,13+. The van der Waals surface area contributed by atoms with E-state index in [1.165, 1.54) is 0 Å². The van der Waals surface area contributed by atoms with Gasteiger partial charge < -0.3 is 4.90 Å². The van der Waals surface area contributed by atoms with Gasteiger partial charge in [0, 0.05) is 25.2 Å². The minimum absolute atomic E-state index is 0.151. The second-order valence-electron chi connectivity index (χ2n) is 5.55. The van der Waals surface area contributed by atoms with Crippen LogP contribution in [-0.2, 0) is 4.79 Å². The molecule has 18 heavy (non-hydrogen) atoms. The summed E-state index contributed by atoms with van der Waals surface area (Å²) in [5.74, 6) is 0.315. The number of rotatable bonds is 1. The van der Waals surface area contributed by atoms with Crippen LogP contribution >= 0.6 is 15.9 Å². The highest BCUT2D eigenvalue weighted by molar-refractivity contribution is 9.10. The number of halogens is 1. The number of likely N-dealkylation sites (tertiary alicyclic amines) is 1. The van der Waals surface area contributed by atoms with E-state index in [4.69, 9.17) is 0 Å². The molecule has 0 unspecified atom stereocenters. The number of amides is 1. The Morgan fingerprint density at radius 1 is 1.39 bits per heavy atom. The smallest absolute Gasteiger partial charge is 0.222 e. The van der Waals surface area contributed by atoms with E-state index in [9.17, 15) is 4.79 Å². The van der Waals surface area contributed by atoms with Gasteiger partial charge in [0.05, 0.1) is 16.7 Å². The number of aromatic nitrogens is 2. The second kappa shape index (κ2) is 4.37. The van der Waals surface area contributed by atoms with Crippen LogP contribution < -0.4 is 0 Å². The molecule has 98 valence electrons. The maximum atomic E-state index is 11.7. The fraction of sp³-hybridized carbons (Fsp3) is 0.692. The molecule has 0 atom stereocenters. The van der Waals surface area contributed by atoms with Crippen LogP contribution in [0.4, 0.5) is 0 Å². The molecule has 1 aliphatic carbocycles. The predicted octanol–water partition coefficient (Wildman–Crippen LogP) is 2.75. The Morgan fingerprint density at radius 3 is 2.61 bits per heavy atom. The van der Waals surface area contributed by atoms with E-state index in [-0.39, 0.29) is 5.54 Å². The maximum absolute atomic E-state index is 11.7. The van der Waals surface area contributed by atoms with Gasteiger partial charge in [-0.3, -0.25) is 9.48 Å². The summed E-state index contributed by atoms with van der Waals surface area (Å²) in [6, 6.07) is 0.492. The van der Waals surface area contributed by atoms with Crippen LogP contribution in [0.1, 0.15) is 44.6 Å². The SMILES string of the molecule is CN1C(=O)CC[C@]12CC[C@H](n1cc(Br)cn1)CC2. The lowest BCUT2D eigenvalue weighted by Gasteiger charge is -2.42. The zero-order chi connectivity index (χ0) is 12.8. The van der Waals surface area contributed by atoms with Crippen molar-refractivity contribution >= 4 is 21.8 Å². The molecule has 1 spiro atoms. The number of hydrogen-bond acceptors (Lipinski definition) is 2. The topological polar surface area (TPSA) is 38.1 Å². The van der Waals surface area contributed by atoms with Crippen LogP contribution in [0.15, 0.2) is 16.9 Å². The molecule has 0 bridgehead atoms. The quantitative estimate of drug-likeness (QED) is 0.800. The van der Waals surface area contributed by atoms with Crippen molar-refractivity contribution in [2.45, 2.75) is 50.1 Å². The molecule has 1 saturated carbocycles. The van der Waals surface area contributed by atoms with Crippen LogP contribution in [0, 0.1) is 0 Å². The summed E-state index contributed by atoms with van der Waals surface area (Å²) in [6.07, 6.45) is 10.1. The molecule has 3 rings (SSSR count). The monoisotopic (exact) mass is 311 g/mol. The largest absolute Gasteiger partial charge is 0.340 e. The van der Waals surface area contributed by atoms with Crippen LogP contribution in [-0.4, -0.2) is 33.2 Å². The third-order valence-corrected chi connectivity index (χ3v) is 5.13. The lowest BCUT2D eigenvalue weighted by molar-refractivity contribution is -0.130. The van der Waals surface area contributed by atoms with Crippen molar-refractivity contribution < 1.29 is 4.79 Å². The Balaban J connectivity index is 1.70. The molecular weight excluding hydrogens is 294 g/mol. The van der Waals surface area contributed by atoms with Crippen molar-refractivity contribution in [3.05, 3.63) is 16.9 Å². The molecule has 1 aliphatic heterocycles. The van der Waals surface area contributed by atoms with E-state index in [2.05, 4.69) is 25.7 Å². The summed E-state index contributed by atoms with van der Waals surface area (Å²) in [5, 5.41) is 4.38. The summed E-state index contributed by atoms with van der Waals surface area (Å²) in [5.41, 5.74) is 0.151. The number of carbonyl (C=O) groups excluding carboxylic acids is 1. The predicted molar refractivity (Wildman–Crippen MR) is 72.2 cm³/mol. The Morgan fingerprint density at radius 2 is 2.11 bits per heavy atom. The van der Waals surface area contributed by atoms with Crippen LogP contribution in [0.25, 0.3) is 0 Å². The van der Waals surface area contributed by atoms with Gasteiger partial charge in [0.1, 0.15) is 0 Å². The van der Waals surface area contributed by atoms with Gasteiger partial charge in [0.25, 0.3) is 0 Å². The normalized spacial score (nSPS) is 32.4. The molecule has 5 heteroatoms. The second-order valence-corrected chi connectivity index (χ2v) is 6.46. The van der Waals surface area contributed by atoms with Crippen LogP contribution in [0.2, 0.25) is 0 Å². The molecule has 2 aliphatic rings. The zero-order valence-corrected chi connectivity index (χ0v) is 12.2. The van der Waals surface area contributed by atoms with Crippen molar-refractivity contribution in [3.8, 4) is 0 Å². The Labute approximate surface area is 115 Å². The van der Waals surface area contributed by atoms with E-state index in [1.54, 1.807) is 0 Å². The first-order valence-corrected chi connectivity index (χ1v) is 7.36. The molecule has 2 heterocycles. The van der Waals surface area contributed by atoms with Crippen LogP contribution in [0.5, 0.6) is 0 Å². The molecule has 2 fully saturated rings. The van der Waals surface area contributed by atoms with Crippen molar-refractivity contribution in [3.63, 3.8) is 0 Å². The summed E-state index contributed by atoms with van der Waals surface area (Å²) in [7, 11) is 1.97. The minimum Gasteiger partial charge on any atom is -0.340 e. The highest BCUT2D eigenvalue weighted by atomic mass is 79.9. The molecular formula is C13H18BrN3O. The zero-order valence-electron chi connectivity index (χ0n) is 10.6. The summed E-state index contributed by atoms with van der Waals surface area (Å²) in [6.45, 7) is 0. The molecule has 4 nitrogen and oxygen atoms in total. The van der Waals surface area contributed by atoms with Gasteiger partial charge in [-0.2, -0.15) is 5.10 Å². The highest BCUT2D eigenvalue weighted by Gasteiger charge is 2.45. The first-order chi connectivity index (χ1) is 8.61. The average molecular weight is 312 g/mol. The fourth-order valence-corrected chi connectivity index (χ4v) is 3.75. The number of nitrogens with zero attached hydrogens (tertiary/aromatic N) is 3. The third-order valence-electron chi connectivity index (χ3n) is 4.72. The fourth-order valence-electron chi connectivity index (χ4n) is 3.44. The van der Waals surface area contributed by atoms with E-state index < -0.39 is 0 Å². The summed E-state index contributed by atoms with van der Waals surface area (Å²) >= 11 is 3.44. The van der Waals surface area contributed by atoms with E-state index in [0.717, 1.165) is 43.0 Å². The van der Waals surface area contributed by atoms with Gasteiger partial charge in [0.15, 0.2) is 0 Å². The minimum atomic E-state index is 0.151. The molecule has 1 aromatic heterocycles. The van der Waals surface area contributed by atoms with Crippen molar-refractivity contribution in [1.82, 2.24) is 14.7 Å². The van der Waals surface area contributed by atoms with Crippen molar-refractivity contribution in [2.24, 2.45) is 0 Å². The van der Waals surface area contributed by atoms with Gasteiger partial charge in [-0.05, 0) is 48.0 Å². The molecule has 1 aromatic rings. The lowest BCUT2D eigenvalue weighted by atomic mass is 9.78. The van der Waals surface area contributed by atoms with E-state index >= 15 is 0 Å². The van der Waals surface area contributed by atoms with Gasteiger partial charge >= 0.3 is 0 Å². The number of hydrogen-bond donors (Lipinski definition) is 0. The molecule has 0 N–H and O–H groups in total. The highest BCUT2D eigenvalue weighted by Crippen LogP contribution is 2.44. The first kappa shape index (κ1) is 12.2. The Bertz CT molecular complexity index is 463. The van der Waals surface area contributed by atoms with E-state index in [1.807, 2.05) is 24.3 Å². The van der Waals surface area contributed by atoms with Gasteiger partial charge in [0.2, 0.25) is 5.91 Å². The number of carbonyl (C=O) groups is 1. The van der Waals surface area contributed by atoms with Crippen molar-refractivity contribution in [1.29, 1.82) is 0 Å². The molecule has 0 radical (unpaired) electrons. The lowest BCUT2D eigenvalue weighted by Crippen LogP contribution is -2.46. The van der Waals surface area contributed by atoms with Gasteiger partial charge in [-0.25, -0.2) is 0 Å². The summed E-state index contributed by atoms with van der Waals surface area (Å²) in [4.78, 5) is 13.7. The Kier molecular flexibility index (Phi) is 2.96. The molecule has 1 amide bonds. The van der Waals surface area contributed by atoms with Crippen molar-refractivity contribution in [2.75, 3.05) is 7.05 Å². The van der Waals surface area contributed by atoms with Gasteiger partial charge in [-0.15, -0.1) is 0 Å². The Hall–Kier alpha value is -0.840. The molecule has 1 saturated heterocycles. The molecule has 0 aromatic carbocycles.